The molecular formula is C19H19N5O. The fourth-order valence-corrected chi connectivity index (χ4v) is 3.09. The molecule has 0 fully saturated rings. The van der Waals surface area contributed by atoms with Crippen molar-refractivity contribution in [3.63, 3.8) is 0 Å². The Morgan fingerprint density at radius 3 is 2.68 bits per heavy atom. The van der Waals surface area contributed by atoms with E-state index in [-0.39, 0.29) is 5.56 Å². The number of imidazole rings is 1. The molecule has 0 radical (unpaired) electrons. The molecule has 0 aliphatic carbocycles. The highest BCUT2D eigenvalue weighted by molar-refractivity contribution is 5.78. The van der Waals surface area contributed by atoms with Crippen molar-refractivity contribution < 1.29 is 0 Å². The second-order valence-corrected chi connectivity index (χ2v) is 6.01. The van der Waals surface area contributed by atoms with Crippen LogP contribution in [0.1, 0.15) is 12.2 Å². The summed E-state index contributed by atoms with van der Waals surface area (Å²) in [4.78, 5) is 23.9. The number of nitrogens with zero attached hydrogens (tertiary/aromatic N) is 3. The van der Waals surface area contributed by atoms with Crippen molar-refractivity contribution in [2.75, 3.05) is 11.9 Å². The molecule has 0 amide bonds. The number of hydrogen-bond acceptors (Lipinski definition) is 4. The van der Waals surface area contributed by atoms with Crippen molar-refractivity contribution in [2.24, 2.45) is 0 Å². The number of para-hydroxylation sites is 3. The number of H-pyrrole nitrogens is 1. The summed E-state index contributed by atoms with van der Waals surface area (Å²) in [6.45, 7) is 3.60. The molecule has 6 heteroatoms. The van der Waals surface area contributed by atoms with E-state index >= 15 is 0 Å². The van der Waals surface area contributed by atoms with Crippen LogP contribution in [0.3, 0.4) is 0 Å². The van der Waals surface area contributed by atoms with Crippen LogP contribution < -0.4 is 10.9 Å². The van der Waals surface area contributed by atoms with Gasteiger partial charge in [0.2, 0.25) is 5.95 Å². The summed E-state index contributed by atoms with van der Waals surface area (Å²) in [7, 11) is 0. The lowest BCUT2D eigenvalue weighted by Crippen LogP contribution is -2.15. The zero-order valence-corrected chi connectivity index (χ0v) is 14.0. The first-order valence-corrected chi connectivity index (χ1v) is 8.37. The van der Waals surface area contributed by atoms with Crippen LogP contribution in [0.5, 0.6) is 0 Å². The van der Waals surface area contributed by atoms with Crippen LogP contribution in [0, 0.1) is 6.92 Å². The molecule has 0 aliphatic rings. The highest BCUT2D eigenvalue weighted by Crippen LogP contribution is 2.15. The zero-order chi connectivity index (χ0) is 17.2. The van der Waals surface area contributed by atoms with Crippen molar-refractivity contribution in [2.45, 2.75) is 19.9 Å². The van der Waals surface area contributed by atoms with Gasteiger partial charge >= 0.3 is 0 Å². The van der Waals surface area contributed by atoms with Crippen molar-refractivity contribution in [1.29, 1.82) is 0 Å². The zero-order valence-electron chi connectivity index (χ0n) is 14.0. The molecule has 6 nitrogen and oxygen atoms in total. The molecule has 0 saturated carbocycles. The van der Waals surface area contributed by atoms with Crippen LogP contribution in [-0.2, 0) is 6.54 Å². The molecule has 2 heterocycles. The Labute approximate surface area is 144 Å². The summed E-state index contributed by atoms with van der Waals surface area (Å²) in [5, 5.41) is 3.81. The molecule has 0 aliphatic heterocycles. The van der Waals surface area contributed by atoms with E-state index in [0.29, 0.717) is 23.4 Å². The summed E-state index contributed by atoms with van der Waals surface area (Å²) in [6, 6.07) is 15.5. The lowest BCUT2D eigenvalue weighted by molar-refractivity contribution is 0.657. The smallest absolute Gasteiger partial charge is 0.260 e. The number of aromatic nitrogens is 4. The quantitative estimate of drug-likeness (QED) is 0.550. The number of aryl methyl sites for hydroxylation is 2. The van der Waals surface area contributed by atoms with Crippen molar-refractivity contribution in [3.05, 3.63) is 64.7 Å². The van der Waals surface area contributed by atoms with E-state index in [1.807, 2.05) is 43.3 Å². The van der Waals surface area contributed by atoms with Gasteiger partial charge in [-0.15, -0.1) is 0 Å². The lowest BCUT2D eigenvalue weighted by atomic mass is 10.2. The minimum absolute atomic E-state index is 0.121. The van der Waals surface area contributed by atoms with Gasteiger partial charge in [-0.3, -0.25) is 9.78 Å². The summed E-state index contributed by atoms with van der Waals surface area (Å²) in [5.41, 5.74) is 2.75. The van der Waals surface area contributed by atoms with Gasteiger partial charge in [0.25, 0.3) is 5.56 Å². The molecule has 4 aromatic rings. The summed E-state index contributed by atoms with van der Waals surface area (Å²) in [6.07, 6.45) is 0.901. The number of nitrogens with one attached hydrogen (secondary N) is 2. The number of rotatable bonds is 5. The predicted octanol–water partition coefficient (Wildman–Crippen LogP) is 3.08. The summed E-state index contributed by atoms with van der Waals surface area (Å²) >= 11 is 0. The number of fused-ring (bicyclic) bond motifs is 2. The third kappa shape index (κ3) is 2.98. The van der Waals surface area contributed by atoms with E-state index in [4.69, 9.17) is 0 Å². The van der Waals surface area contributed by atoms with Gasteiger partial charge in [-0.2, -0.15) is 0 Å². The normalized spacial score (nSPS) is 11.2. The minimum atomic E-state index is -0.121. The first kappa shape index (κ1) is 15.4. The SMILES string of the molecule is Cc1nc2ccccc2n1CCCNc1nc2ccccc2c(=O)[nH]1. The van der Waals surface area contributed by atoms with Crippen LogP contribution in [0.25, 0.3) is 21.9 Å². The van der Waals surface area contributed by atoms with Crippen LogP contribution in [-0.4, -0.2) is 26.1 Å². The Morgan fingerprint density at radius 2 is 1.80 bits per heavy atom. The second-order valence-electron chi connectivity index (χ2n) is 6.01. The topological polar surface area (TPSA) is 75.6 Å². The second kappa shape index (κ2) is 6.39. The molecule has 126 valence electrons. The Kier molecular flexibility index (Phi) is 3.93. The molecule has 0 spiro atoms. The van der Waals surface area contributed by atoms with Crippen molar-refractivity contribution >= 4 is 27.9 Å². The molecule has 0 unspecified atom stereocenters. The van der Waals surface area contributed by atoms with Crippen molar-refractivity contribution in [1.82, 2.24) is 19.5 Å². The molecule has 0 atom stereocenters. The van der Waals surface area contributed by atoms with Gasteiger partial charge < -0.3 is 9.88 Å². The van der Waals surface area contributed by atoms with Gasteiger partial charge in [0, 0.05) is 13.1 Å². The fourth-order valence-electron chi connectivity index (χ4n) is 3.09. The summed E-state index contributed by atoms with van der Waals surface area (Å²) < 4.78 is 2.22. The van der Waals surface area contributed by atoms with E-state index in [2.05, 4.69) is 30.9 Å². The Balaban J connectivity index is 1.44. The third-order valence-electron chi connectivity index (χ3n) is 4.31. The van der Waals surface area contributed by atoms with Gasteiger partial charge in [0.1, 0.15) is 5.82 Å². The number of hydrogen-bond donors (Lipinski definition) is 2. The van der Waals surface area contributed by atoms with Crippen molar-refractivity contribution in [3.8, 4) is 0 Å². The molecule has 25 heavy (non-hydrogen) atoms. The molecule has 0 saturated heterocycles. The molecule has 2 N–H and O–H groups in total. The van der Waals surface area contributed by atoms with Gasteiger partial charge in [-0.1, -0.05) is 24.3 Å². The first-order valence-electron chi connectivity index (χ1n) is 8.37. The van der Waals surface area contributed by atoms with E-state index in [0.717, 1.165) is 29.8 Å². The van der Waals surface area contributed by atoms with Gasteiger partial charge in [0.05, 0.1) is 21.9 Å². The van der Waals surface area contributed by atoms with Gasteiger partial charge in [0.15, 0.2) is 0 Å². The number of benzene rings is 2. The van der Waals surface area contributed by atoms with Gasteiger partial charge in [-0.05, 0) is 37.6 Å². The Hall–Kier alpha value is -3.15. The van der Waals surface area contributed by atoms with Crippen LogP contribution in [0.15, 0.2) is 53.3 Å². The highest BCUT2D eigenvalue weighted by Gasteiger charge is 2.06. The minimum Gasteiger partial charge on any atom is -0.356 e. The largest absolute Gasteiger partial charge is 0.356 e. The van der Waals surface area contributed by atoms with E-state index < -0.39 is 0 Å². The maximum absolute atomic E-state index is 12.1. The molecule has 2 aromatic carbocycles. The van der Waals surface area contributed by atoms with Gasteiger partial charge in [-0.25, -0.2) is 9.97 Å². The van der Waals surface area contributed by atoms with E-state index in [1.165, 1.54) is 0 Å². The van der Waals surface area contributed by atoms with Crippen LogP contribution in [0.4, 0.5) is 5.95 Å². The average molecular weight is 333 g/mol. The predicted molar refractivity (Wildman–Crippen MR) is 99.9 cm³/mol. The third-order valence-corrected chi connectivity index (χ3v) is 4.31. The van der Waals surface area contributed by atoms with Crippen LogP contribution in [0.2, 0.25) is 0 Å². The Bertz CT molecular complexity index is 1100. The number of aromatic amines is 1. The molecule has 4 rings (SSSR count). The molecular weight excluding hydrogens is 314 g/mol. The van der Waals surface area contributed by atoms with Crippen LogP contribution >= 0.6 is 0 Å². The monoisotopic (exact) mass is 333 g/mol. The maximum atomic E-state index is 12.1. The number of anilines is 1. The standard InChI is InChI=1S/C19H19N5O/c1-13-21-16-9-4-5-10-17(16)24(13)12-6-11-20-19-22-15-8-3-2-7-14(15)18(25)23-19/h2-5,7-10H,6,11-12H2,1H3,(H2,20,22,23,25). The maximum Gasteiger partial charge on any atom is 0.260 e. The Morgan fingerprint density at radius 1 is 1.04 bits per heavy atom. The lowest BCUT2D eigenvalue weighted by Gasteiger charge is -2.09. The average Bonchev–Trinajstić information content (AvgIpc) is 2.94. The summed E-state index contributed by atoms with van der Waals surface area (Å²) in [5.74, 6) is 1.52. The first-order chi connectivity index (χ1) is 12.2. The van der Waals surface area contributed by atoms with E-state index in [1.54, 1.807) is 6.07 Å². The fraction of sp³-hybridized carbons (Fsp3) is 0.211. The molecule has 2 aromatic heterocycles. The van der Waals surface area contributed by atoms with E-state index in [9.17, 15) is 4.79 Å². The molecule has 0 bridgehead atoms. The highest BCUT2D eigenvalue weighted by atomic mass is 16.1.